The number of ether oxygens (including phenoxy) is 2. The minimum atomic E-state index is -0.0226. The lowest BCUT2D eigenvalue weighted by molar-refractivity contribution is 0.222. The van der Waals surface area contributed by atoms with Crippen LogP contribution in [-0.2, 0) is 0 Å². The van der Waals surface area contributed by atoms with Gasteiger partial charge >= 0.3 is 6.01 Å². The molecule has 1 aromatic carbocycles. The zero-order valence-electron chi connectivity index (χ0n) is 11.9. The van der Waals surface area contributed by atoms with Crippen molar-refractivity contribution >= 4 is 11.6 Å². The quantitative estimate of drug-likeness (QED) is 0.846. The maximum absolute atomic E-state index is 5.92. The molecule has 1 fully saturated rings. The van der Waals surface area contributed by atoms with Crippen molar-refractivity contribution < 1.29 is 9.47 Å². The van der Waals surface area contributed by atoms with Crippen molar-refractivity contribution in [2.75, 3.05) is 0 Å². The van der Waals surface area contributed by atoms with Crippen molar-refractivity contribution in [3.05, 3.63) is 29.5 Å². The van der Waals surface area contributed by atoms with Gasteiger partial charge in [0, 0.05) is 5.56 Å². The second-order valence-corrected chi connectivity index (χ2v) is 5.56. The molecule has 0 radical (unpaired) electrons. The molecular weight excluding hydrogens is 290 g/mol. The van der Waals surface area contributed by atoms with Crippen LogP contribution in [0, 0.1) is 0 Å². The Bertz CT molecular complexity index is 627. The summed E-state index contributed by atoms with van der Waals surface area (Å²) in [4.78, 5) is 12.4. The number of hydrogen-bond acceptors (Lipinski definition) is 5. The summed E-state index contributed by atoms with van der Waals surface area (Å²) >= 11 is 5.92. The molecule has 110 valence electrons. The van der Waals surface area contributed by atoms with E-state index in [2.05, 4.69) is 15.0 Å². The summed E-state index contributed by atoms with van der Waals surface area (Å²) < 4.78 is 11.2. The first-order valence-electron chi connectivity index (χ1n) is 6.95. The third-order valence-corrected chi connectivity index (χ3v) is 3.04. The summed E-state index contributed by atoms with van der Waals surface area (Å²) in [7, 11) is 0. The number of halogens is 1. The van der Waals surface area contributed by atoms with E-state index in [1.54, 1.807) is 0 Å². The fourth-order valence-corrected chi connectivity index (χ4v) is 1.94. The standard InChI is InChI=1S/C15H16ClN3O2/c1-9(2)20-15-18-13(17-14(16)19-15)10-3-5-11(6-4-10)21-12-7-8-12/h3-6,9,12H,7-8H2,1-2H3. The average molecular weight is 306 g/mol. The van der Waals surface area contributed by atoms with Crippen molar-refractivity contribution in [3.8, 4) is 23.1 Å². The van der Waals surface area contributed by atoms with Gasteiger partial charge in [0.2, 0.25) is 5.28 Å². The van der Waals surface area contributed by atoms with E-state index in [0.717, 1.165) is 24.2 Å². The molecular formula is C15H16ClN3O2. The number of hydrogen-bond donors (Lipinski definition) is 0. The van der Waals surface area contributed by atoms with Gasteiger partial charge in [0.05, 0.1) is 12.2 Å². The Kier molecular flexibility index (Phi) is 3.92. The molecule has 6 heteroatoms. The molecule has 1 aliphatic rings. The van der Waals surface area contributed by atoms with Gasteiger partial charge in [0.25, 0.3) is 0 Å². The molecule has 0 saturated heterocycles. The zero-order chi connectivity index (χ0) is 14.8. The number of rotatable bonds is 5. The first-order valence-corrected chi connectivity index (χ1v) is 7.33. The van der Waals surface area contributed by atoms with Crippen molar-refractivity contribution in [3.63, 3.8) is 0 Å². The van der Waals surface area contributed by atoms with E-state index in [0.29, 0.717) is 11.9 Å². The van der Waals surface area contributed by atoms with Gasteiger partial charge < -0.3 is 9.47 Å². The predicted octanol–water partition coefficient (Wildman–Crippen LogP) is 3.52. The van der Waals surface area contributed by atoms with Crippen molar-refractivity contribution in [2.24, 2.45) is 0 Å². The molecule has 0 amide bonds. The van der Waals surface area contributed by atoms with Crippen LogP contribution in [0.15, 0.2) is 24.3 Å². The summed E-state index contributed by atoms with van der Waals surface area (Å²) in [6, 6.07) is 7.87. The highest BCUT2D eigenvalue weighted by atomic mass is 35.5. The summed E-state index contributed by atoms with van der Waals surface area (Å²) in [5, 5.41) is 0.119. The molecule has 1 aliphatic carbocycles. The minimum Gasteiger partial charge on any atom is -0.490 e. The van der Waals surface area contributed by atoms with Gasteiger partial charge in [0.15, 0.2) is 5.82 Å². The lowest BCUT2D eigenvalue weighted by Gasteiger charge is -2.09. The first-order chi connectivity index (χ1) is 10.1. The monoisotopic (exact) mass is 305 g/mol. The predicted molar refractivity (Wildman–Crippen MR) is 79.7 cm³/mol. The van der Waals surface area contributed by atoms with Crippen LogP contribution in [0.5, 0.6) is 11.8 Å². The molecule has 2 aromatic rings. The molecule has 0 N–H and O–H groups in total. The van der Waals surface area contributed by atoms with Crippen LogP contribution >= 0.6 is 11.6 Å². The molecule has 5 nitrogen and oxygen atoms in total. The van der Waals surface area contributed by atoms with Crippen molar-refractivity contribution in [1.82, 2.24) is 15.0 Å². The Morgan fingerprint density at radius 3 is 2.43 bits per heavy atom. The Labute approximate surface area is 128 Å². The molecule has 3 rings (SSSR count). The third kappa shape index (κ3) is 3.82. The van der Waals surface area contributed by atoms with Gasteiger partial charge in [-0.1, -0.05) is 0 Å². The molecule has 0 bridgehead atoms. The van der Waals surface area contributed by atoms with Crippen LogP contribution in [0.4, 0.5) is 0 Å². The van der Waals surface area contributed by atoms with Crippen molar-refractivity contribution in [1.29, 1.82) is 0 Å². The average Bonchev–Trinajstić information content (AvgIpc) is 3.22. The number of benzene rings is 1. The van der Waals surface area contributed by atoms with Crippen LogP contribution in [0.2, 0.25) is 5.28 Å². The third-order valence-electron chi connectivity index (χ3n) is 2.87. The van der Waals surface area contributed by atoms with E-state index in [1.165, 1.54) is 0 Å². The fraction of sp³-hybridized carbons (Fsp3) is 0.400. The second kappa shape index (κ2) is 5.85. The molecule has 0 atom stereocenters. The molecule has 21 heavy (non-hydrogen) atoms. The maximum Gasteiger partial charge on any atom is 0.321 e. The molecule has 0 spiro atoms. The normalized spacial score (nSPS) is 14.3. The van der Waals surface area contributed by atoms with E-state index in [4.69, 9.17) is 21.1 Å². The van der Waals surface area contributed by atoms with E-state index in [9.17, 15) is 0 Å². The smallest absolute Gasteiger partial charge is 0.321 e. The summed E-state index contributed by atoms with van der Waals surface area (Å²) in [6.07, 6.45) is 2.64. The summed E-state index contributed by atoms with van der Waals surface area (Å²) in [6.45, 7) is 3.81. The van der Waals surface area contributed by atoms with Crippen LogP contribution in [0.3, 0.4) is 0 Å². The Morgan fingerprint density at radius 1 is 1.10 bits per heavy atom. The van der Waals surface area contributed by atoms with Gasteiger partial charge in [0.1, 0.15) is 5.75 Å². The molecule has 0 unspecified atom stereocenters. The van der Waals surface area contributed by atoms with Gasteiger partial charge in [-0.2, -0.15) is 15.0 Å². The number of nitrogens with zero attached hydrogens (tertiary/aromatic N) is 3. The zero-order valence-corrected chi connectivity index (χ0v) is 12.7. The van der Waals surface area contributed by atoms with E-state index in [1.807, 2.05) is 38.1 Å². The van der Waals surface area contributed by atoms with E-state index >= 15 is 0 Å². The highest BCUT2D eigenvalue weighted by Crippen LogP contribution is 2.28. The Hall–Kier alpha value is -1.88. The highest BCUT2D eigenvalue weighted by molar-refractivity contribution is 6.28. The Morgan fingerprint density at radius 2 is 1.81 bits per heavy atom. The molecule has 0 aliphatic heterocycles. The minimum absolute atomic E-state index is 0.0226. The van der Waals surface area contributed by atoms with Gasteiger partial charge in [-0.05, 0) is 62.6 Å². The SMILES string of the molecule is CC(C)Oc1nc(Cl)nc(-c2ccc(OC3CC3)cc2)n1. The van der Waals surface area contributed by atoms with Crippen LogP contribution in [-0.4, -0.2) is 27.2 Å². The fourth-order valence-electron chi connectivity index (χ4n) is 1.79. The largest absolute Gasteiger partial charge is 0.490 e. The number of aromatic nitrogens is 3. The lowest BCUT2D eigenvalue weighted by atomic mass is 10.2. The van der Waals surface area contributed by atoms with Gasteiger partial charge in [-0.25, -0.2) is 0 Å². The van der Waals surface area contributed by atoms with E-state index < -0.39 is 0 Å². The van der Waals surface area contributed by atoms with Crippen LogP contribution in [0.25, 0.3) is 11.4 Å². The maximum atomic E-state index is 5.92. The van der Waals surface area contributed by atoms with Crippen LogP contribution in [0.1, 0.15) is 26.7 Å². The highest BCUT2D eigenvalue weighted by Gasteiger charge is 2.23. The Balaban J connectivity index is 1.82. The summed E-state index contributed by atoms with van der Waals surface area (Å²) in [5.41, 5.74) is 0.844. The van der Waals surface area contributed by atoms with Gasteiger partial charge in [-0.3, -0.25) is 0 Å². The lowest BCUT2D eigenvalue weighted by Crippen LogP contribution is -2.09. The second-order valence-electron chi connectivity index (χ2n) is 5.22. The summed E-state index contributed by atoms with van der Waals surface area (Å²) in [5.74, 6) is 1.35. The molecule has 1 aromatic heterocycles. The van der Waals surface area contributed by atoms with Crippen molar-refractivity contribution in [2.45, 2.75) is 38.9 Å². The molecule has 1 heterocycles. The molecule has 1 saturated carbocycles. The first kappa shape index (κ1) is 14.1. The van der Waals surface area contributed by atoms with E-state index in [-0.39, 0.29) is 17.4 Å². The topological polar surface area (TPSA) is 57.1 Å². The van der Waals surface area contributed by atoms with Gasteiger partial charge in [-0.15, -0.1) is 0 Å². The van der Waals surface area contributed by atoms with Crippen LogP contribution < -0.4 is 9.47 Å².